The minimum atomic E-state index is -0.0210. The first-order valence-corrected chi connectivity index (χ1v) is 9.49. The van der Waals surface area contributed by atoms with Gasteiger partial charge in [0, 0.05) is 32.6 Å². The maximum atomic E-state index is 13.0. The summed E-state index contributed by atoms with van der Waals surface area (Å²) in [6.07, 6.45) is 2.21. The number of nitrogens with zero attached hydrogens (tertiary/aromatic N) is 2. The number of hydrogen-bond acceptors (Lipinski definition) is 3. The molecule has 0 spiro atoms. The van der Waals surface area contributed by atoms with Gasteiger partial charge in [-0.1, -0.05) is 33.8 Å². The van der Waals surface area contributed by atoms with Gasteiger partial charge in [-0.3, -0.25) is 9.59 Å². The second kappa shape index (κ2) is 8.56. The fraction of sp³-hybridized carbons (Fsp3) is 0.619. The highest BCUT2D eigenvalue weighted by Crippen LogP contribution is 2.24. The highest BCUT2D eigenvalue weighted by Gasteiger charge is 2.26. The number of carbonyl (C=O) groups is 2. The standard InChI is InChI=1S/C21H32N2O3/c1-6-16-8-9-18(26-5)17(14-16)20(25)23-11-7-10-22(12-13-23)19(24)15-21(2,3)4/h8-9,14H,6-7,10-13,15H2,1-5H3. The van der Waals surface area contributed by atoms with E-state index in [4.69, 9.17) is 4.74 Å². The van der Waals surface area contributed by atoms with Gasteiger partial charge in [0.2, 0.25) is 5.91 Å². The zero-order valence-corrected chi connectivity index (χ0v) is 16.8. The van der Waals surface area contributed by atoms with Crippen LogP contribution in [0.25, 0.3) is 0 Å². The molecule has 1 fully saturated rings. The van der Waals surface area contributed by atoms with Crippen LogP contribution in [0.5, 0.6) is 5.75 Å². The lowest BCUT2D eigenvalue weighted by Crippen LogP contribution is -2.38. The monoisotopic (exact) mass is 360 g/mol. The van der Waals surface area contributed by atoms with Gasteiger partial charge >= 0.3 is 0 Å². The molecule has 0 atom stereocenters. The van der Waals surface area contributed by atoms with Crippen LogP contribution in [-0.2, 0) is 11.2 Å². The molecule has 0 aliphatic carbocycles. The van der Waals surface area contributed by atoms with Crippen LogP contribution >= 0.6 is 0 Å². The van der Waals surface area contributed by atoms with Gasteiger partial charge in [0.25, 0.3) is 5.91 Å². The maximum Gasteiger partial charge on any atom is 0.257 e. The molecule has 0 N–H and O–H groups in total. The van der Waals surface area contributed by atoms with Gasteiger partial charge in [0.05, 0.1) is 12.7 Å². The first-order valence-electron chi connectivity index (χ1n) is 9.49. The number of hydrogen-bond donors (Lipinski definition) is 0. The third-order valence-corrected chi connectivity index (χ3v) is 4.72. The number of ether oxygens (including phenoxy) is 1. The summed E-state index contributed by atoms with van der Waals surface area (Å²) in [4.78, 5) is 29.3. The van der Waals surface area contributed by atoms with Crippen molar-refractivity contribution in [1.29, 1.82) is 0 Å². The molecule has 0 unspecified atom stereocenters. The molecule has 144 valence electrons. The van der Waals surface area contributed by atoms with E-state index in [2.05, 4.69) is 27.7 Å². The average molecular weight is 360 g/mol. The Kier molecular flexibility index (Phi) is 6.68. The van der Waals surface area contributed by atoms with Crippen LogP contribution in [0.2, 0.25) is 0 Å². The molecule has 0 bridgehead atoms. The maximum absolute atomic E-state index is 13.0. The third-order valence-electron chi connectivity index (χ3n) is 4.72. The number of rotatable bonds is 4. The van der Waals surface area contributed by atoms with E-state index in [1.165, 1.54) is 0 Å². The Morgan fingerprint density at radius 3 is 2.35 bits per heavy atom. The van der Waals surface area contributed by atoms with Crippen molar-refractivity contribution in [1.82, 2.24) is 9.80 Å². The van der Waals surface area contributed by atoms with Crippen molar-refractivity contribution < 1.29 is 14.3 Å². The van der Waals surface area contributed by atoms with Gasteiger partial charge in [-0.25, -0.2) is 0 Å². The van der Waals surface area contributed by atoms with Crippen molar-refractivity contribution in [3.63, 3.8) is 0 Å². The molecule has 1 aliphatic rings. The fourth-order valence-electron chi connectivity index (χ4n) is 3.25. The fourth-order valence-corrected chi connectivity index (χ4v) is 3.25. The lowest BCUT2D eigenvalue weighted by molar-refractivity contribution is -0.132. The van der Waals surface area contributed by atoms with E-state index in [1.54, 1.807) is 7.11 Å². The Morgan fingerprint density at radius 2 is 1.73 bits per heavy atom. The lowest BCUT2D eigenvalue weighted by atomic mass is 9.91. The molecule has 1 saturated heterocycles. The molecule has 1 aromatic carbocycles. The van der Waals surface area contributed by atoms with Crippen molar-refractivity contribution in [3.05, 3.63) is 29.3 Å². The second-order valence-electron chi connectivity index (χ2n) is 8.15. The molecule has 1 aliphatic heterocycles. The van der Waals surface area contributed by atoms with Crippen LogP contribution in [0.3, 0.4) is 0 Å². The van der Waals surface area contributed by atoms with Gasteiger partial charge in [0.15, 0.2) is 0 Å². The number of amides is 2. The van der Waals surface area contributed by atoms with Crippen molar-refractivity contribution in [2.75, 3.05) is 33.3 Å². The molecule has 1 heterocycles. The van der Waals surface area contributed by atoms with E-state index in [0.29, 0.717) is 43.9 Å². The number of aryl methyl sites for hydroxylation is 1. The lowest BCUT2D eigenvalue weighted by Gasteiger charge is -2.26. The van der Waals surface area contributed by atoms with E-state index in [-0.39, 0.29) is 17.2 Å². The minimum absolute atomic E-state index is 0.0118. The highest BCUT2D eigenvalue weighted by atomic mass is 16.5. The normalized spacial score (nSPS) is 15.6. The average Bonchev–Trinajstić information content (AvgIpc) is 2.85. The van der Waals surface area contributed by atoms with Crippen molar-refractivity contribution in [3.8, 4) is 5.75 Å². The Balaban J connectivity index is 2.09. The molecule has 0 radical (unpaired) electrons. The first kappa shape index (κ1) is 20.3. The predicted octanol–water partition coefficient (Wildman–Crippen LogP) is 3.37. The third kappa shape index (κ3) is 5.23. The Bertz CT molecular complexity index is 649. The van der Waals surface area contributed by atoms with Crippen LogP contribution < -0.4 is 4.74 Å². The molecular formula is C21H32N2O3. The van der Waals surface area contributed by atoms with E-state index >= 15 is 0 Å². The zero-order chi connectivity index (χ0) is 19.3. The van der Waals surface area contributed by atoms with Crippen molar-refractivity contribution >= 4 is 11.8 Å². The van der Waals surface area contributed by atoms with Gasteiger partial charge in [-0.15, -0.1) is 0 Å². The summed E-state index contributed by atoms with van der Waals surface area (Å²) in [5, 5.41) is 0. The SMILES string of the molecule is CCc1ccc(OC)c(C(=O)N2CCCN(C(=O)CC(C)(C)C)CC2)c1. The smallest absolute Gasteiger partial charge is 0.257 e. The minimum Gasteiger partial charge on any atom is -0.496 e. The predicted molar refractivity (Wildman–Crippen MR) is 104 cm³/mol. The number of benzene rings is 1. The van der Waals surface area contributed by atoms with Crippen LogP contribution in [-0.4, -0.2) is 54.9 Å². The Hall–Kier alpha value is -2.04. The topological polar surface area (TPSA) is 49.9 Å². The van der Waals surface area contributed by atoms with Gasteiger partial charge in [-0.2, -0.15) is 0 Å². The molecule has 5 heteroatoms. The number of carbonyl (C=O) groups excluding carboxylic acids is 2. The molecular weight excluding hydrogens is 328 g/mol. The summed E-state index contributed by atoms with van der Waals surface area (Å²) in [7, 11) is 1.59. The highest BCUT2D eigenvalue weighted by molar-refractivity contribution is 5.97. The van der Waals surface area contributed by atoms with E-state index in [1.807, 2.05) is 28.0 Å². The van der Waals surface area contributed by atoms with E-state index < -0.39 is 0 Å². The molecule has 1 aromatic rings. The summed E-state index contributed by atoms with van der Waals surface area (Å²) < 4.78 is 5.39. The summed E-state index contributed by atoms with van der Waals surface area (Å²) >= 11 is 0. The molecule has 5 nitrogen and oxygen atoms in total. The molecule has 2 amide bonds. The summed E-state index contributed by atoms with van der Waals surface area (Å²) in [5.74, 6) is 0.775. The largest absolute Gasteiger partial charge is 0.496 e. The van der Waals surface area contributed by atoms with Crippen LogP contribution in [0, 0.1) is 5.41 Å². The molecule has 26 heavy (non-hydrogen) atoms. The van der Waals surface area contributed by atoms with Crippen LogP contribution in [0.15, 0.2) is 18.2 Å². The number of methoxy groups -OCH3 is 1. The molecule has 2 rings (SSSR count). The Morgan fingerprint density at radius 1 is 1.08 bits per heavy atom. The van der Waals surface area contributed by atoms with E-state index in [0.717, 1.165) is 18.4 Å². The van der Waals surface area contributed by atoms with Crippen molar-refractivity contribution in [2.24, 2.45) is 5.41 Å². The quantitative estimate of drug-likeness (QED) is 0.827. The Labute approximate surface area is 157 Å². The second-order valence-corrected chi connectivity index (χ2v) is 8.15. The zero-order valence-electron chi connectivity index (χ0n) is 16.8. The van der Waals surface area contributed by atoms with Crippen LogP contribution in [0.1, 0.15) is 56.5 Å². The summed E-state index contributed by atoms with van der Waals surface area (Å²) in [6.45, 7) is 10.8. The molecule has 0 aromatic heterocycles. The van der Waals surface area contributed by atoms with Gasteiger partial charge < -0.3 is 14.5 Å². The first-order chi connectivity index (χ1) is 12.2. The van der Waals surface area contributed by atoms with Gasteiger partial charge in [-0.05, 0) is 36.0 Å². The van der Waals surface area contributed by atoms with E-state index in [9.17, 15) is 9.59 Å². The summed E-state index contributed by atoms with van der Waals surface area (Å²) in [6, 6.07) is 5.78. The summed E-state index contributed by atoms with van der Waals surface area (Å²) in [5.41, 5.74) is 1.71. The van der Waals surface area contributed by atoms with Crippen LogP contribution in [0.4, 0.5) is 0 Å². The van der Waals surface area contributed by atoms with Crippen molar-refractivity contribution in [2.45, 2.75) is 47.0 Å². The molecule has 0 saturated carbocycles. The van der Waals surface area contributed by atoms with Gasteiger partial charge in [0.1, 0.15) is 5.75 Å².